The van der Waals surface area contributed by atoms with E-state index in [1.54, 1.807) is 23.7 Å². The van der Waals surface area contributed by atoms with Crippen LogP contribution in [-0.2, 0) is 4.79 Å². The summed E-state index contributed by atoms with van der Waals surface area (Å²) in [7, 11) is 0. The predicted octanol–water partition coefficient (Wildman–Crippen LogP) is 2.65. The van der Waals surface area contributed by atoms with Gasteiger partial charge in [-0.05, 0) is 12.1 Å². The van der Waals surface area contributed by atoms with Crippen LogP contribution in [0.25, 0.3) is 11.0 Å². The first-order valence-corrected chi connectivity index (χ1v) is 7.56. The summed E-state index contributed by atoms with van der Waals surface area (Å²) in [4.78, 5) is 27.6. The molecule has 2 heterocycles. The first kappa shape index (κ1) is 14.3. The van der Waals surface area contributed by atoms with Gasteiger partial charge in [0.15, 0.2) is 10.9 Å². The van der Waals surface area contributed by atoms with Crippen LogP contribution in [0.2, 0.25) is 0 Å². The molecule has 0 bridgehead atoms. The van der Waals surface area contributed by atoms with E-state index in [1.807, 2.05) is 18.2 Å². The van der Waals surface area contributed by atoms with Crippen LogP contribution in [0.5, 0.6) is 0 Å². The van der Waals surface area contributed by atoms with Crippen LogP contribution in [-0.4, -0.2) is 23.3 Å². The second-order valence-electron chi connectivity index (χ2n) is 4.54. The standard InChI is InChI=1S/C15H13N3O3S/c19-13(18-15-17-7-8-22-15)5-6-16-14(20)12-9-10-3-1-2-4-11(10)21-12/h1-4,7-9H,5-6H2,(H,16,20)(H,17,18,19). The summed E-state index contributed by atoms with van der Waals surface area (Å²) in [5.41, 5.74) is 0.661. The number of carbonyl (C=O) groups excluding carboxylic acids is 2. The first-order chi connectivity index (χ1) is 10.7. The maximum atomic E-state index is 12.0. The molecule has 0 spiro atoms. The molecule has 0 atom stereocenters. The summed E-state index contributed by atoms with van der Waals surface area (Å²) < 4.78 is 5.45. The van der Waals surface area contributed by atoms with E-state index in [2.05, 4.69) is 15.6 Å². The maximum absolute atomic E-state index is 12.0. The molecule has 2 N–H and O–H groups in total. The molecule has 3 aromatic rings. The molecule has 22 heavy (non-hydrogen) atoms. The van der Waals surface area contributed by atoms with Crippen LogP contribution < -0.4 is 10.6 Å². The molecule has 2 aromatic heterocycles. The zero-order valence-electron chi connectivity index (χ0n) is 11.5. The summed E-state index contributed by atoms with van der Waals surface area (Å²) in [6.45, 7) is 0.229. The molecule has 0 saturated heterocycles. The summed E-state index contributed by atoms with van der Waals surface area (Å²) in [5.74, 6) is -0.292. The second-order valence-corrected chi connectivity index (χ2v) is 5.43. The molecule has 0 aliphatic heterocycles. The average molecular weight is 315 g/mol. The van der Waals surface area contributed by atoms with Gasteiger partial charge in [-0.3, -0.25) is 9.59 Å². The zero-order valence-corrected chi connectivity index (χ0v) is 12.4. The molecule has 3 rings (SSSR count). The van der Waals surface area contributed by atoms with Crippen molar-refractivity contribution in [1.82, 2.24) is 10.3 Å². The molecule has 2 amide bonds. The Balaban J connectivity index is 1.50. The Hall–Kier alpha value is -2.67. The number of furan rings is 1. The van der Waals surface area contributed by atoms with Crippen molar-refractivity contribution in [2.24, 2.45) is 0 Å². The van der Waals surface area contributed by atoms with E-state index in [0.29, 0.717) is 10.7 Å². The number of thiazole rings is 1. The van der Waals surface area contributed by atoms with Gasteiger partial charge in [-0.1, -0.05) is 18.2 Å². The molecular formula is C15H13N3O3S. The topological polar surface area (TPSA) is 84.2 Å². The smallest absolute Gasteiger partial charge is 0.287 e. The van der Waals surface area contributed by atoms with Crippen molar-refractivity contribution in [3.8, 4) is 0 Å². The number of hydrogen-bond donors (Lipinski definition) is 2. The molecule has 0 saturated carbocycles. The number of amides is 2. The molecule has 0 aliphatic rings. The van der Waals surface area contributed by atoms with Crippen molar-refractivity contribution >= 4 is 39.3 Å². The lowest BCUT2D eigenvalue weighted by Gasteiger charge is -2.03. The van der Waals surface area contributed by atoms with Crippen LogP contribution in [0.3, 0.4) is 0 Å². The third-order valence-electron chi connectivity index (χ3n) is 2.97. The lowest BCUT2D eigenvalue weighted by Crippen LogP contribution is -2.27. The van der Waals surface area contributed by atoms with Gasteiger partial charge in [0.1, 0.15) is 5.58 Å². The third-order valence-corrected chi connectivity index (χ3v) is 3.65. The number of carbonyl (C=O) groups is 2. The van der Waals surface area contributed by atoms with Gasteiger partial charge < -0.3 is 15.1 Å². The van der Waals surface area contributed by atoms with Gasteiger partial charge in [0, 0.05) is 29.9 Å². The molecule has 0 radical (unpaired) electrons. The van der Waals surface area contributed by atoms with Crippen LogP contribution >= 0.6 is 11.3 Å². The van der Waals surface area contributed by atoms with Crippen LogP contribution in [0.4, 0.5) is 5.13 Å². The highest BCUT2D eigenvalue weighted by Gasteiger charge is 2.12. The Labute approximate surface area is 130 Å². The fourth-order valence-electron chi connectivity index (χ4n) is 1.94. The number of benzene rings is 1. The molecule has 7 heteroatoms. The molecule has 6 nitrogen and oxygen atoms in total. The predicted molar refractivity (Wildman–Crippen MR) is 83.9 cm³/mol. The van der Waals surface area contributed by atoms with Crippen LogP contribution in [0.15, 0.2) is 46.3 Å². The highest BCUT2D eigenvalue weighted by atomic mass is 32.1. The molecule has 112 valence electrons. The van der Waals surface area contributed by atoms with Crippen molar-refractivity contribution in [2.45, 2.75) is 6.42 Å². The highest BCUT2D eigenvalue weighted by molar-refractivity contribution is 7.13. The van der Waals surface area contributed by atoms with Crippen LogP contribution in [0.1, 0.15) is 17.0 Å². The maximum Gasteiger partial charge on any atom is 0.287 e. The quantitative estimate of drug-likeness (QED) is 0.758. The average Bonchev–Trinajstić information content (AvgIpc) is 3.15. The Morgan fingerprint density at radius 2 is 2.14 bits per heavy atom. The van der Waals surface area contributed by atoms with Gasteiger partial charge in [-0.25, -0.2) is 4.98 Å². The zero-order chi connectivity index (χ0) is 15.4. The van der Waals surface area contributed by atoms with Gasteiger partial charge in [0.2, 0.25) is 5.91 Å². The van der Waals surface area contributed by atoms with E-state index in [9.17, 15) is 9.59 Å². The van der Waals surface area contributed by atoms with E-state index >= 15 is 0 Å². The Morgan fingerprint density at radius 3 is 2.91 bits per heavy atom. The van der Waals surface area contributed by atoms with E-state index in [1.165, 1.54) is 11.3 Å². The van der Waals surface area contributed by atoms with Gasteiger partial charge in [0.05, 0.1) is 0 Å². The molecule has 0 aliphatic carbocycles. The number of anilines is 1. The third kappa shape index (κ3) is 3.32. The lowest BCUT2D eigenvalue weighted by atomic mass is 10.2. The number of para-hydroxylation sites is 1. The van der Waals surface area contributed by atoms with E-state index in [0.717, 1.165) is 5.39 Å². The minimum atomic E-state index is -0.335. The van der Waals surface area contributed by atoms with Crippen molar-refractivity contribution in [1.29, 1.82) is 0 Å². The fourth-order valence-corrected chi connectivity index (χ4v) is 2.48. The monoisotopic (exact) mass is 315 g/mol. The number of aromatic nitrogens is 1. The molecular weight excluding hydrogens is 302 g/mol. The van der Waals surface area contributed by atoms with Gasteiger partial charge in [-0.2, -0.15) is 0 Å². The number of rotatable bonds is 5. The second kappa shape index (κ2) is 6.40. The van der Waals surface area contributed by atoms with E-state index in [4.69, 9.17) is 4.42 Å². The van der Waals surface area contributed by atoms with E-state index in [-0.39, 0.29) is 30.5 Å². The minimum absolute atomic E-state index is 0.172. The Bertz CT molecular complexity index is 762. The number of nitrogens with one attached hydrogen (secondary N) is 2. The molecule has 1 aromatic carbocycles. The Kier molecular flexibility index (Phi) is 4.15. The highest BCUT2D eigenvalue weighted by Crippen LogP contribution is 2.18. The van der Waals surface area contributed by atoms with Crippen molar-refractivity contribution < 1.29 is 14.0 Å². The summed E-state index contributed by atoms with van der Waals surface area (Å²) in [5, 5.41) is 8.51. The SMILES string of the molecule is O=C(CCNC(=O)c1cc2ccccc2o1)Nc1nccs1. The van der Waals surface area contributed by atoms with Crippen molar-refractivity contribution in [3.05, 3.63) is 47.7 Å². The lowest BCUT2D eigenvalue weighted by molar-refractivity contribution is -0.116. The summed E-state index contributed by atoms with van der Waals surface area (Å²) in [6.07, 6.45) is 1.79. The molecule has 0 fully saturated rings. The summed E-state index contributed by atoms with van der Waals surface area (Å²) >= 11 is 1.34. The van der Waals surface area contributed by atoms with E-state index < -0.39 is 0 Å². The largest absolute Gasteiger partial charge is 0.451 e. The first-order valence-electron chi connectivity index (χ1n) is 6.68. The fraction of sp³-hybridized carbons (Fsp3) is 0.133. The normalized spacial score (nSPS) is 10.5. The number of hydrogen-bond acceptors (Lipinski definition) is 5. The van der Waals surface area contributed by atoms with Crippen molar-refractivity contribution in [2.75, 3.05) is 11.9 Å². The number of nitrogens with zero attached hydrogens (tertiary/aromatic N) is 1. The van der Waals surface area contributed by atoms with Gasteiger partial charge in [-0.15, -0.1) is 11.3 Å². The molecule has 0 unspecified atom stereocenters. The van der Waals surface area contributed by atoms with Crippen LogP contribution in [0, 0.1) is 0 Å². The van der Waals surface area contributed by atoms with Gasteiger partial charge in [0.25, 0.3) is 5.91 Å². The van der Waals surface area contributed by atoms with Crippen molar-refractivity contribution in [3.63, 3.8) is 0 Å². The Morgan fingerprint density at radius 1 is 1.27 bits per heavy atom. The number of fused-ring (bicyclic) bond motifs is 1. The summed E-state index contributed by atoms with van der Waals surface area (Å²) in [6, 6.07) is 9.07. The minimum Gasteiger partial charge on any atom is -0.451 e. The van der Waals surface area contributed by atoms with Gasteiger partial charge >= 0.3 is 0 Å².